The van der Waals surface area contributed by atoms with Gasteiger partial charge < -0.3 is 0 Å². The fourth-order valence-electron chi connectivity index (χ4n) is 2.87. The van der Waals surface area contributed by atoms with Gasteiger partial charge in [-0.05, 0) is 37.3 Å². The molecule has 0 saturated heterocycles. The van der Waals surface area contributed by atoms with Crippen molar-refractivity contribution in [2.75, 3.05) is 0 Å². The second-order valence-electron chi connectivity index (χ2n) is 6.01. The molecular weight excluding hydrogens is 311 g/mol. The number of hydrogen-bond acceptors (Lipinski definition) is 1. The van der Waals surface area contributed by atoms with E-state index >= 15 is 0 Å². The molecule has 4 rings (SSSR count). The third-order valence-electron chi connectivity index (χ3n) is 4.21. The summed E-state index contributed by atoms with van der Waals surface area (Å²) in [7, 11) is 0. The van der Waals surface area contributed by atoms with Gasteiger partial charge in [-0.25, -0.2) is 9.07 Å². The normalized spacial score (nSPS) is 10.8. The van der Waals surface area contributed by atoms with Gasteiger partial charge in [0.05, 0.1) is 17.1 Å². The lowest BCUT2D eigenvalue weighted by molar-refractivity contribution is 0.629. The summed E-state index contributed by atoms with van der Waals surface area (Å²) in [5, 5.41) is 4.75. The second kappa shape index (κ2) is 6.36. The van der Waals surface area contributed by atoms with E-state index in [1.165, 1.54) is 11.6 Å². The van der Waals surface area contributed by atoms with E-state index in [1.807, 2.05) is 73.7 Å². The lowest BCUT2D eigenvalue weighted by atomic mass is 10.1. The fourth-order valence-corrected chi connectivity index (χ4v) is 2.87. The van der Waals surface area contributed by atoms with Crippen molar-refractivity contribution < 1.29 is 4.39 Å². The number of halogens is 1. The average Bonchev–Trinajstić information content (AvgIpc) is 3.09. The predicted octanol–water partition coefficient (Wildman–Crippen LogP) is 5.65. The summed E-state index contributed by atoms with van der Waals surface area (Å²) in [4.78, 5) is 0. The van der Waals surface area contributed by atoms with Crippen molar-refractivity contribution in [3.63, 3.8) is 0 Å². The van der Waals surface area contributed by atoms with Gasteiger partial charge in [0.2, 0.25) is 0 Å². The number of benzene rings is 3. The van der Waals surface area contributed by atoms with Gasteiger partial charge in [0, 0.05) is 11.1 Å². The molecule has 0 N–H and O–H groups in total. The first-order valence-corrected chi connectivity index (χ1v) is 8.20. The lowest BCUT2D eigenvalue weighted by Gasteiger charge is -2.08. The largest absolute Gasteiger partial charge is 0.232 e. The Hall–Kier alpha value is -3.20. The van der Waals surface area contributed by atoms with E-state index in [9.17, 15) is 4.39 Å². The zero-order valence-corrected chi connectivity index (χ0v) is 13.9. The van der Waals surface area contributed by atoms with Crippen LogP contribution in [0.3, 0.4) is 0 Å². The van der Waals surface area contributed by atoms with Crippen molar-refractivity contribution in [3.8, 4) is 28.2 Å². The van der Waals surface area contributed by atoms with Crippen molar-refractivity contribution in [1.82, 2.24) is 9.78 Å². The number of hydrogen-bond donors (Lipinski definition) is 0. The van der Waals surface area contributed by atoms with E-state index in [0.717, 1.165) is 22.6 Å². The monoisotopic (exact) mass is 328 g/mol. The first-order chi connectivity index (χ1) is 12.2. The second-order valence-corrected chi connectivity index (χ2v) is 6.01. The highest BCUT2D eigenvalue weighted by molar-refractivity contribution is 5.70. The van der Waals surface area contributed by atoms with Gasteiger partial charge in [-0.3, -0.25) is 0 Å². The maximum absolute atomic E-state index is 14.4. The molecular formula is C22H17FN2. The molecule has 0 aliphatic carbocycles. The quantitative estimate of drug-likeness (QED) is 0.475. The molecule has 0 aliphatic heterocycles. The number of nitrogens with zero attached hydrogens (tertiary/aromatic N) is 2. The number of rotatable bonds is 3. The summed E-state index contributed by atoms with van der Waals surface area (Å²) in [6.07, 6.45) is 0. The Bertz CT molecular complexity index is 1000. The van der Waals surface area contributed by atoms with Crippen LogP contribution < -0.4 is 0 Å². The van der Waals surface area contributed by atoms with Gasteiger partial charge in [-0.15, -0.1) is 0 Å². The molecule has 3 heteroatoms. The molecule has 0 spiro atoms. The molecule has 1 heterocycles. The summed E-state index contributed by atoms with van der Waals surface area (Å²) < 4.78 is 16.2. The maximum atomic E-state index is 14.4. The van der Waals surface area contributed by atoms with Crippen molar-refractivity contribution in [3.05, 3.63) is 96.3 Å². The van der Waals surface area contributed by atoms with Crippen molar-refractivity contribution in [2.45, 2.75) is 6.92 Å². The molecule has 4 aromatic rings. The molecule has 0 amide bonds. The Labute approximate surface area is 146 Å². The highest BCUT2D eigenvalue weighted by atomic mass is 19.1. The van der Waals surface area contributed by atoms with Gasteiger partial charge in [0.1, 0.15) is 5.82 Å². The van der Waals surface area contributed by atoms with Crippen LogP contribution in [0.15, 0.2) is 84.9 Å². The topological polar surface area (TPSA) is 17.8 Å². The van der Waals surface area contributed by atoms with Crippen LogP contribution in [0.5, 0.6) is 0 Å². The van der Waals surface area contributed by atoms with Crippen LogP contribution in [0.1, 0.15) is 5.56 Å². The maximum Gasteiger partial charge on any atom is 0.132 e. The summed E-state index contributed by atoms with van der Waals surface area (Å²) in [5.41, 5.74) is 5.18. The molecule has 0 aliphatic rings. The van der Waals surface area contributed by atoms with Gasteiger partial charge in [0.15, 0.2) is 0 Å². The Balaban J connectivity index is 1.93. The van der Waals surface area contributed by atoms with Crippen LogP contribution >= 0.6 is 0 Å². The van der Waals surface area contributed by atoms with E-state index in [-0.39, 0.29) is 5.82 Å². The van der Waals surface area contributed by atoms with Crippen molar-refractivity contribution >= 4 is 0 Å². The third kappa shape index (κ3) is 2.96. The molecule has 0 bridgehead atoms. The molecule has 25 heavy (non-hydrogen) atoms. The SMILES string of the molecule is Cc1ccc(-n2nc(-c3ccccc3)cc2-c2ccccc2F)cc1. The summed E-state index contributed by atoms with van der Waals surface area (Å²) in [5.74, 6) is -0.254. The Morgan fingerprint density at radius 1 is 0.800 bits per heavy atom. The smallest absolute Gasteiger partial charge is 0.132 e. The van der Waals surface area contributed by atoms with Crippen molar-refractivity contribution in [2.24, 2.45) is 0 Å². The van der Waals surface area contributed by atoms with Crippen LogP contribution in [0.25, 0.3) is 28.2 Å². The summed E-state index contributed by atoms with van der Waals surface area (Å²) in [6.45, 7) is 2.04. The minimum Gasteiger partial charge on any atom is -0.232 e. The van der Waals surface area contributed by atoms with Crippen LogP contribution in [-0.2, 0) is 0 Å². The Kier molecular flexibility index (Phi) is 3.90. The van der Waals surface area contributed by atoms with Gasteiger partial charge in [-0.1, -0.05) is 60.2 Å². The van der Waals surface area contributed by atoms with Crippen molar-refractivity contribution in [1.29, 1.82) is 0 Å². The lowest BCUT2D eigenvalue weighted by Crippen LogP contribution is -2.00. The molecule has 0 fully saturated rings. The van der Waals surface area contributed by atoms with E-state index in [4.69, 9.17) is 5.10 Å². The van der Waals surface area contributed by atoms with E-state index < -0.39 is 0 Å². The molecule has 122 valence electrons. The fraction of sp³-hybridized carbons (Fsp3) is 0.0455. The average molecular weight is 328 g/mol. The summed E-state index contributed by atoms with van der Waals surface area (Å²) >= 11 is 0. The number of aryl methyl sites for hydroxylation is 1. The van der Waals surface area contributed by atoms with Crippen LogP contribution in [0.2, 0.25) is 0 Å². The van der Waals surface area contributed by atoms with Crippen LogP contribution in [-0.4, -0.2) is 9.78 Å². The summed E-state index contributed by atoms with van der Waals surface area (Å²) in [6, 6.07) is 26.7. The first-order valence-electron chi connectivity index (χ1n) is 8.20. The van der Waals surface area contributed by atoms with E-state index in [2.05, 4.69) is 0 Å². The number of aromatic nitrogens is 2. The Morgan fingerprint density at radius 3 is 2.20 bits per heavy atom. The molecule has 1 aromatic heterocycles. The molecule has 0 radical (unpaired) electrons. The standard InChI is InChI=1S/C22H17FN2/c1-16-11-13-18(14-12-16)25-22(19-9-5-6-10-20(19)23)15-21(24-25)17-7-3-2-4-8-17/h2-15H,1H3. The highest BCUT2D eigenvalue weighted by Gasteiger charge is 2.15. The minimum absolute atomic E-state index is 0.254. The van der Waals surface area contributed by atoms with Crippen LogP contribution in [0.4, 0.5) is 4.39 Å². The minimum atomic E-state index is -0.254. The van der Waals surface area contributed by atoms with E-state index in [1.54, 1.807) is 16.8 Å². The Morgan fingerprint density at radius 2 is 1.48 bits per heavy atom. The highest BCUT2D eigenvalue weighted by Crippen LogP contribution is 2.30. The third-order valence-corrected chi connectivity index (χ3v) is 4.21. The zero-order valence-electron chi connectivity index (χ0n) is 13.9. The molecule has 0 atom stereocenters. The van der Waals surface area contributed by atoms with Crippen LogP contribution in [0, 0.1) is 12.7 Å². The van der Waals surface area contributed by atoms with Gasteiger partial charge in [0.25, 0.3) is 0 Å². The molecule has 3 aromatic carbocycles. The first kappa shape index (κ1) is 15.3. The predicted molar refractivity (Wildman–Crippen MR) is 99.1 cm³/mol. The molecule has 0 unspecified atom stereocenters. The van der Waals surface area contributed by atoms with Gasteiger partial charge >= 0.3 is 0 Å². The van der Waals surface area contributed by atoms with Gasteiger partial charge in [-0.2, -0.15) is 5.10 Å². The molecule has 2 nitrogen and oxygen atoms in total. The zero-order chi connectivity index (χ0) is 17.2. The van der Waals surface area contributed by atoms with E-state index in [0.29, 0.717) is 5.56 Å². The molecule has 0 saturated carbocycles.